The van der Waals surface area contributed by atoms with Crippen LogP contribution in [0.25, 0.3) is 11.3 Å². The molecule has 8 heteroatoms. The van der Waals surface area contributed by atoms with Gasteiger partial charge in [-0.3, -0.25) is 9.69 Å². The first-order valence-electron chi connectivity index (χ1n) is 10.1. The van der Waals surface area contributed by atoms with E-state index in [9.17, 15) is 13.2 Å². The van der Waals surface area contributed by atoms with Crippen molar-refractivity contribution in [3.8, 4) is 11.3 Å². The van der Waals surface area contributed by atoms with Crippen LogP contribution in [-0.4, -0.2) is 67.1 Å². The zero-order chi connectivity index (χ0) is 20.6. The molecule has 2 saturated heterocycles. The molecule has 6 nitrogen and oxygen atoms in total. The Labute approximate surface area is 176 Å². The van der Waals surface area contributed by atoms with E-state index < -0.39 is 9.84 Å². The van der Waals surface area contributed by atoms with E-state index in [1.54, 1.807) is 5.38 Å². The third kappa shape index (κ3) is 4.39. The fourth-order valence-electron chi connectivity index (χ4n) is 4.34. The molecule has 0 aliphatic carbocycles. The van der Waals surface area contributed by atoms with Crippen molar-refractivity contribution >= 4 is 27.1 Å². The minimum atomic E-state index is -3.30. The van der Waals surface area contributed by atoms with Crippen LogP contribution in [0.3, 0.4) is 0 Å². The third-order valence-corrected chi connectivity index (χ3v) is 8.56. The van der Waals surface area contributed by atoms with Gasteiger partial charge >= 0.3 is 0 Å². The van der Waals surface area contributed by atoms with E-state index in [-0.39, 0.29) is 10.2 Å². The van der Waals surface area contributed by atoms with Gasteiger partial charge in [0.25, 0.3) is 5.91 Å². The van der Waals surface area contributed by atoms with Crippen molar-refractivity contribution in [1.82, 2.24) is 14.8 Å². The van der Waals surface area contributed by atoms with Crippen LogP contribution in [0.2, 0.25) is 0 Å². The van der Waals surface area contributed by atoms with Crippen molar-refractivity contribution in [3.05, 3.63) is 35.2 Å². The average molecular weight is 434 g/mol. The quantitative estimate of drug-likeness (QED) is 0.724. The molecule has 4 rings (SSSR count). The lowest BCUT2D eigenvalue weighted by molar-refractivity contribution is 0.0696. The Balaban J connectivity index is 1.47. The maximum absolute atomic E-state index is 13.1. The summed E-state index contributed by atoms with van der Waals surface area (Å²) >= 11 is 1.12. The minimum absolute atomic E-state index is 0.0843. The molecule has 29 heavy (non-hydrogen) atoms. The number of sulfone groups is 1. The lowest BCUT2D eigenvalue weighted by atomic mass is 10.1. The smallest absolute Gasteiger partial charge is 0.254 e. The highest BCUT2D eigenvalue weighted by molar-refractivity contribution is 7.92. The summed E-state index contributed by atoms with van der Waals surface area (Å²) in [7, 11) is -3.30. The van der Waals surface area contributed by atoms with Gasteiger partial charge < -0.3 is 4.90 Å². The van der Waals surface area contributed by atoms with Gasteiger partial charge in [0, 0.05) is 47.9 Å². The molecule has 0 N–H and O–H groups in total. The van der Waals surface area contributed by atoms with Gasteiger partial charge in [0.15, 0.2) is 0 Å². The lowest BCUT2D eigenvalue weighted by Crippen LogP contribution is -2.44. The van der Waals surface area contributed by atoms with Gasteiger partial charge in [0.2, 0.25) is 14.2 Å². The number of hydrogen-bond donors (Lipinski definition) is 0. The van der Waals surface area contributed by atoms with Crippen molar-refractivity contribution in [1.29, 1.82) is 0 Å². The molecule has 2 atom stereocenters. The van der Waals surface area contributed by atoms with E-state index in [0.717, 1.165) is 55.6 Å². The summed E-state index contributed by atoms with van der Waals surface area (Å²) in [5.41, 5.74) is 2.11. The zero-order valence-electron chi connectivity index (χ0n) is 16.9. The average Bonchev–Trinajstić information content (AvgIpc) is 3.43. The highest BCUT2D eigenvalue weighted by atomic mass is 32.2. The molecule has 0 radical (unpaired) electrons. The Morgan fingerprint density at radius 2 is 1.90 bits per heavy atom. The van der Waals surface area contributed by atoms with Crippen LogP contribution >= 0.6 is 11.3 Å². The number of benzene rings is 1. The summed E-state index contributed by atoms with van der Waals surface area (Å²) in [4.78, 5) is 21.9. The predicted molar refractivity (Wildman–Crippen MR) is 115 cm³/mol. The maximum Gasteiger partial charge on any atom is 0.254 e. The monoisotopic (exact) mass is 433 g/mol. The molecular formula is C21H27N3O3S2. The summed E-state index contributed by atoms with van der Waals surface area (Å²) in [5.74, 6) is 0.0843. The molecular weight excluding hydrogens is 406 g/mol. The van der Waals surface area contributed by atoms with Crippen LogP contribution in [0.15, 0.2) is 34.0 Å². The zero-order valence-corrected chi connectivity index (χ0v) is 18.5. The number of nitrogens with zero attached hydrogens (tertiary/aromatic N) is 3. The van der Waals surface area contributed by atoms with Gasteiger partial charge in [-0.05, 0) is 51.3 Å². The van der Waals surface area contributed by atoms with Gasteiger partial charge in [0.05, 0.1) is 5.69 Å². The van der Waals surface area contributed by atoms with E-state index in [1.807, 2.05) is 29.2 Å². The largest absolute Gasteiger partial charge is 0.334 e. The Hall–Kier alpha value is -1.77. The fourth-order valence-corrected chi connectivity index (χ4v) is 6.00. The van der Waals surface area contributed by atoms with Gasteiger partial charge in [0.1, 0.15) is 0 Å². The Kier molecular flexibility index (Phi) is 5.77. The van der Waals surface area contributed by atoms with Crippen LogP contribution in [0, 0.1) is 0 Å². The molecule has 2 aliphatic heterocycles. The molecule has 2 aromatic rings. The van der Waals surface area contributed by atoms with E-state index >= 15 is 0 Å². The van der Waals surface area contributed by atoms with Crippen LogP contribution in [0.5, 0.6) is 0 Å². The number of rotatable bonds is 5. The van der Waals surface area contributed by atoms with Crippen molar-refractivity contribution in [2.24, 2.45) is 0 Å². The van der Waals surface area contributed by atoms with Crippen LogP contribution in [0.1, 0.15) is 43.0 Å². The molecule has 1 amide bonds. The molecule has 0 spiro atoms. The molecule has 156 valence electrons. The van der Waals surface area contributed by atoms with Crippen molar-refractivity contribution in [2.75, 3.05) is 25.9 Å². The van der Waals surface area contributed by atoms with E-state index in [1.165, 1.54) is 12.8 Å². The van der Waals surface area contributed by atoms with E-state index in [0.29, 0.717) is 23.3 Å². The Bertz CT molecular complexity index is 985. The lowest BCUT2D eigenvalue weighted by Gasteiger charge is -2.30. The Morgan fingerprint density at radius 1 is 1.17 bits per heavy atom. The van der Waals surface area contributed by atoms with Gasteiger partial charge in [-0.2, -0.15) is 0 Å². The van der Waals surface area contributed by atoms with Crippen molar-refractivity contribution in [3.63, 3.8) is 0 Å². The number of hydrogen-bond acceptors (Lipinski definition) is 6. The number of aromatic nitrogens is 1. The molecule has 0 bridgehead atoms. The van der Waals surface area contributed by atoms with E-state index in [4.69, 9.17) is 0 Å². The highest BCUT2D eigenvalue weighted by Gasteiger charge is 2.33. The second-order valence-electron chi connectivity index (χ2n) is 8.13. The summed E-state index contributed by atoms with van der Waals surface area (Å²) in [6.07, 6.45) is 5.79. The normalized spacial score (nSPS) is 23.0. The maximum atomic E-state index is 13.1. The molecule has 1 aromatic heterocycles. The first kappa shape index (κ1) is 20.5. The molecule has 3 heterocycles. The summed E-state index contributed by atoms with van der Waals surface area (Å²) in [6, 6.07) is 8.25. The number of thiazole rings is 1. The number of likely N-dealkylation sites (tertiary alicyclic amines) is 2. The SMILES string of the molecule is C[C@H]1CCCN1CC1CCCN1C(=O)c1ccc(-c2csc(S(C)(=O)=O)n2)cc1. The molecule has 1 unspecified atom stereocenters. The second-order valence-corrected chi connectivity index (χ2v) is 11.2. The second kappa shape index (κ2) is 8.16. The van der Waals surface area contributed by atoms with Crippen molar-refractivity contribution < 1.29 is 13.2 Å². The molecule has 2 aliphatic rings. The first-order valence-corrected chi connectivity index (χ1v) is 12.9. The summed E-state index contributed by atoms with van der Waals surface area (Å²) in [5, 5.41) is 1.74. The van der Waals surface area contributed by atoms with Gasteiger partial charge in [-0.1, -0.05) is 12.1 Å². The van der Waals surface area contributed by atoms with Crippen LogP contribution < -0.4 is 0 Å². The fraction of sp³-hybridized carbons (Fsp3) is 0.524. The van der Waals surface area contributed by atoms with Gasteiger partial charge in [-0.15, -0.1) is 11.3 Å². The summed E-state index contributed by atoms with van der Waals surface area (Å²) in [6.45, 7) is 5.20. The Morgan fingerprint density at radius 3 is 2.52 bits per heavy atom. The highest BCUT2D eigenvalue weighted by Crippen LogP contribution is 2.27. The number of amides is 1. The summed E-state index contributed by atoms with van der Waals surface area (Å²) < 4.78 is 23.4. The molecule has 2 fully saturated rings. The molecule has 1 aromatic carbocycles. The first-order chi connectivity index (χ1) is 13.8. The third-order valence-electron chi connectivity index (χ3n) is 6.00. The van der Waals surface area contributed by atoms with E-state index in [2.05, 4.69) is 16.8 Å². The molecule has 0 saturated carbocycles. The van der Waals surface area contributed by atoms with Crippen LogP contribution in [-0.2, 0) is 9.84 Å². The van der Waals surface area contributed by atoms with Crippen molar-refractivity contribution in [2.45, 2.75) is 49.0 Å². The van der Waals surface area contributed by atoms with Gasteiger partial charge in [-0.25, -0.2) is 13.4 Å². The minimum Gasteiger partial charge on any atom is -0.334 e. The predicted octanol–water partition coefficient (Wildman–Crippen LogP) is 3.30. The standard InChI is InChI=1S/C21H27N3O3S2/c1-15-5-3-11-23(15)13-18-6-4-12-24(18)20(25)17-9-7-16(8-10-17)19-14-28-21(22-19)29(2,26)27/h7-10,14-15,18H,3-6,11-13H2,1-2H3/t15-,18?/m0/s1. The van der Waals surface area contributed by atoms with Crippen LogP contribution in [0.4, 0.5) is 0 Å². The topological polar surface area (TPSA) is 70.6 Å². The number of carbonyl (C=O) groups excluding carboxylic acids is 1. The number of carbonyl (C=O) groups is 1.